The molecule has 0 fully saturated rings. The van der Waals surface area contributed by atoms with Crippen LogP contribution in [0.1, 0.15) is 17.2 Å². The average molecular weight is 618 g/mol. The third kappa shape index (κ3) is 3.48. The number of hydrogen-bond donors (Lipinski definition) is 3. The monoisotopic (exact) mass is 617 g/mol. The molecule has 0 bridgehead atoms. The van der Waals surface area contributed by atoms with E-state index in [-0.39, 0.29) is 12.2 Å². The van der Waals surface area contributed by atoms with Crippen molar-refractivity contribution < 1.29 is 0 Å². The summed E-state index contributed by atoms with van der Waals surface area (Å²) in [6.07, 6.45) is 4.54. The third-order valence-electron chi connectivity index (χ3n) is 10.6. The maximum absolute atomic E-state index is 3.91. The van der Waals surface area contributed by atoms with Crippen LogP contribution in [0, 0.1) is 0 Å². The number of dihydropyridines is 1. The van der Waals surface area contributed by atoms with Gasteiger partial charge in [0.05, 0.1) is 33.6 Å². The Kier molecular flexibility index (Phi) is 5.29. The number of benzene rings is 6. The Morgan fingerprint density at radius 1 is 0.542 bits per heavy atom. The van der Waals surface area contributed by atoms with Gasteiger partial charge in [0.15, 0.2) is 0 Å². The first-order valence-corrected chi connectivity index (χ1v) is 16.7. The van der Waals surface area contributed by atoms with Crippen LogP contribution in [-0.4, -0.2) is 21.7 Å². The van der Waals surface area contributed by atoms with Crippen LogP contribution in [0.25, 0.3) is 65.7 Å². The molecule has 2 atom stereocenters. The molecule has 0 saturated carbocycles. The van der Waals surface area contributed by atoms with Crippen molar-refractivity contribution in [3.63, 3.8) is 0 Å². The van der Waals surface area contributed by atoms with Crippen LogP contribution in [0.3, 0.4) is 0 Å². The first-order valence-electron chi connectivity index (χ1n) is 16.7. The molecule has 2 aliphatic heterocycles. The van der Waals surface area contributed by atoms with E-state index in [2.05, 4.69) is 171 Å². The molecule has 3 aromatic heterocycles. The molecule has 0 radical (unpaired) electrons. The molecule has 0 amide bonds. The number of rotatable bonds is 3. The molecule has 2 unspecified atom stereocenters. The Bertz CT molecular complexity index is 2800. The maximum Gasteiger partial charge on any atom is 0.111 e. The summed E-state index contributed by atoms with van der Waals surface area (Å²) in [6.45, 7) is 0.729. The van der Waals surface area contributed by atoms with Crippen LogP contribution < -0.4 is 16.0 Å². The van der Waals surface area contributed by atoms with Gasteiger partial charge in [-0.3, -0.25) is 9.88 Å². The van der Waals surface area contributed by atoms with Crippen molar-refractivity contribution in [1.82, 2.24) is 19.6 Å². The van der Waals surface area contributed by atoms with E-state index in [4.69, 9.17) is 0 Å². The Labute approximate surface area is 276 Å². The molecule has 2 aliphatic rings. The molecular weight excluding hydrogens is 587 g/mol. The Hall–Kier alpha value is -6.04. The normalized spacial score (nSPS) is 18.0. The lowest BCUT2D eigenvalue weighted by Gasteiger charge is -2.37. The zero-order valence-electron chi connectivity index (χ0n) is 26.1. The zero-order valence-corrected chi connectivity index (χ0v) is 26.1. The SMILES string of the molecule is C1=C(C2Nc3ccccc3C(c3ccccc3)N2)CNC(n2c3cccc4c5cccc6c7ccccc7n(c7cccc2c7c43)c56)=C1. The van der Waals surface area contributed by atoms with Crippen molar-refractivity contribution in [1.29, 1.82) is 0 Å². The fourth-order valence-electron chi connectivity index (χ4n) is 8.55. The minimum absolute atomic E-state index is 0.00158. The minimum Gasteiger partial charge on any atom is -0.367 e. The van der Waals surface area contributed by atoms with Crippen LogP contribution in [0.5, 0.6) is 0 Å². The van der Waals surface area contributed by atoms with Crippen molar-refractivity contribution in [3.8, 4) is 0 Å². The average Bonchev–Trinajstić information content (AvgIpc) is 3.64. The molecule has 5 heteroatoms. The van der Waals surface area contributed by atoms with E-state index in [0.29, 0.717) is 0 Å². The summed E-state index contributed by atoms with van der Waals surface area (Å²) in [5, 5.41) is 19.3. The van der Waals surface area contributed by atoms with E-state index < -0.39 is 0 Å². The van der Waals surface area contributed by atoms with E-state index >= 15 is 0 Å². The molecule has 0 saturated heterocycles. The van der Waals surface area contributed by atoms with E-state index in [1.165, 1.54) is 82.3 Å². The topological polar surface area (TPSA) is 45.4 Å². The summed E-state index contributed by atoms with van der Waals surface area (Å²) in [5.41, 5.74) is 11.2. The molecule has 0 spiro atoms. The van der Waals surface area contributed by atoms with Gasteiger partial charge in [0.25, 0.3) is 0 Å². The molecule has 48 heavy (non-hydrogen) atoms. The highest BCUT2D eigenvalue weighted by atomic mass is 15.2. The predicted octanol–water partition coefficient (Wildman–Crippen LogP) is 9.40. The zero-order chi connectivity index (χ0) is 31.3. The molecule has 0 aliphatic carbocycles. The van der Waals surface area contributed by atoms with Crippen LogP contribution in [0.4, 0.5) is 5.69 Å². The highest BCUT2D eigenvalue weighted by Crippen LogP contribution is 2.44. The lowest BCUT2D eigenvalue weighted by atomic mass is 9.93. The Morgan fingerprint density at radius 2 is 1.21 bits per heavy atom. The number of allylic oxidation sites excluding steroid dienone is 2. The molecule has 3 N–H and O–H groups in total. The molecule has 6 aromatic carbocycles. The van der Waals surface area contributed by atoms with Crippen LogP contribution in [-0.2, 0) is 0 Å². The maximum atomic E-state index is 3.91. The van der Waals surface area contributed by atoms with Gasteiger partial charge in [-0.2, -0.15) is 0 Å². The van der Waals surface area contributed by atoms with Crippen LogP contribution >= 0.6 is 0 Å². The van der Waals surface area contributed by atoms with Crippen molar-refractivity contribution in [2.24, 2.45) is 0 Å². The van der Waals surface area contributed by atoms with Gasteiger partial charge in [-0.25, -0.2) is 0 Å². The standard InChI is InChI=1S/C43H31N5/c1-2-11-26(12-3-1)41-32-14-4-6-18-33(32)45-43(46-41)27-23-24-38(44-25-27)47-35-20-9-15-29-31-17-8-16-30-28-13-5-7-19-34(28)48(42(30)31)37-22-10-21-36(47)40(37)39(29)35/h1-24,41,43-46H,25H2. The number of para-hydroxylation sites is 3. The van der Waals surface area contributed by atoms with Gasteiger partial charge in [-0.1, -0.05) is 109 Å². The lowest BCUT2D eigenvalue weighted by Crippen LogP contribution is -2.47. The van der Waals surface area contributed by atoms with Gasteiger partial charge in [0.1, 0.15) is 12.0 Å². The highest BCUT2D eigenvalue weighted by molar-refractivity contribution is 6.31. The summed E-state index contributed by atoms with van der Waals surface area (Å²) in [6, 6.07) is 48.6. The summed E-state index contributed by atoms with van der Waals surface area (Å²) < 4.78 is 4.92. The van der Waals surface area contributed by atoms with Gasteiger partial charge in [-0.15, -0.1) is 0 Å². The second-order valence-electron chi connectivity index (χ2n) is 13.1. The number of aromatic nitrogens is 2. The molecule has 9 aromatic rings. The van der Waals surface area contributed by atoms with Crippen molar-refractivity contribution in [2.45, 2.75) is 12.2 Å². The summed E-state index contributed by atoms with van der Waals surface area (Å²) >= 11 is 0. The smallest absolute Gasteiger partial charge is 0.111 e. The summed E-state index contributed by atoms with van der Waals surface area (Å²) in [7, 11) is 0. The van der Waals surface area contributed by atoms with E-state index in [1.54, 1.807) is 0 Å². The second-order valence-corrected chi connectivity index (χ2v) is 13.1. The molecule has 11 rings (SSSR count). The molecule has 5 nitrogen and oxygen atoms in total. The Balaban J connectivity index is 1.10. The number of fused-ring (bicyclic) bond motifs is 6. The van der Waals surface area contributed by atoms with Gasteiger partial charge in [-0.05, 0) is 58.5 Å². The number of anilines is 1. The lowest BCUT2D eigenvalue weighted by molar-refractivity contribution is 0.524. The third-order valence-corrected chi connectivity index (χ3v) is 10.6. The van der Waals surface area contributed by atoms with Gasteiger partial charge >= 0.3 is 0 Å². The van der Waals surface area contributed by atoms with E-state index in [9.17, 15) is 0 Å². The van der Waals surface area contributed by atoms with Crippen LogP contribution in [0.15, 0.2) is 151 Å². The molecular formula is C43H31N5. The molecule has 5 heterocycles. The Morgan fingerprint density at radius 3 is 2.08 bits per heavy atom. The van der Waals surface area contributed by atoms with E-state index in [0.717, 1.165) is 12.4 Å². The van der Waals surface area contributed by atoms with Crippen LogP contribution in [0.2, 0.25) is 0 Å². The van der Waals surface area contributed by atoms with Gasteiger partial charge in [0.2, 0.25) is 0 Å². The van der Waals surface area contributed by atoms with Crippen molar-refractivity contribution in [2.75, 3.05) is 11.9 Å². The summed E-state index contributed by atoms with van der Waals surface area (Å²) in [4.78, 5) is 0. The minimum atomic E-state index is -0.00158. The molecule has 228 valence electrons. The number of nitrogens with one attached hydrogen (secondary N) is 3. The van der Waals surface area contributed by atoms with Gasteiger partial charge < -0.3 is 15.0 Å². The summed E-state index contributed by atoms with van der Waals surface area (Å²) in [5.74, 6) is 1.08. The number of hydrogen-bond acceptors (Lipinski definition) is 3. The first kappa shape index (κ1) is 26.1. The predicted molar refractivity (Wildman–Crippen MR) is 200 cm³/mol. The second kappa shape index (κ2) is 9.74. The van der Waals surface area contributed by atoms with Gasteiger partial charge in [0, 0.05) is 39.2 Å². The van der Waals surface area contributed by atoms with Crippen molar-refractivity contribution in [3.05, 3.63) is 162 Å². The quantitative estimate of drug-likeness (QED) is 0.185. The number of nitrogens with zero attached hydrogens (tertiary/aromatic N) is 2. The fourth-order valence-corrected chi connectivity index (χ4v) is 8.55. The largest absolute Gasteiger partial charge is 0.367 e. The first-order chi connectivity index (χ1) is 23.8. The van der Waals surface area contributed by atoms with E-state index in [1.807, 2.05) is 0 Å². The highest BCUT2D eigenvalue weighted by Gasteiger charge is 2.30. The van der Waals surface area contributed by atoms with Crippen molar-refractivity contribution >= 4 is 71.4 Å². The fraction of sp³-hybridized carbons (Fsp3) is 0.0698.